The molecule has 1 fully saturated rings. The lowest BCUT2D eigenvalue weighted by atomic mass is 9.96. The van der Waals surface area contributed by atoms with Crippen molar-refractivity contribution in [2.75, 3.05) is 26.7 Å². The SMILES string of the molecule is COc1nn(C)cc1C(=O)NCC1CCN(Cc2ccccc2)CC1. The highest BCUT2D eigenvalue weighted by Gasteiger charge is 2.21. The maximum atomic E-state index is 12.3. The number of carbonyl (C=O) groups is 1. The molecule has 0 atom stereocenters. The van der Waals surface area contributed by atoms with Crippen molar-refractivity contribution < 1.29 is 9.53 Å². The summed E-state index contributed by atoms with van der Waals surface area (Å²) in [5.41, 5.74) is 1.85. The van der Waals surface area contributed by atoms with E-state index < -0.39 is 0 Å². The molecular weight excluding hydrogens is 316 g/mol. The Kier molecular flexibility index (Phi) is 5.71. The molecule has 0 saturated carbocycles. The van der Waals surface area contributed by atoms with Crippen molar-refractivity contribution in [1.29, 1.82) is 0 Å². The Hall–Kier alpha value is -2.34. The lowest BCUT2D eigenvalue weighted by molar-refractivity contribution is 0.0932. The number of hydrogen-bond donors (Lipinski definition) is 1. The first-order valence-corrected chi connectivity index (χ1v) is 8.78. The van der Waals surface area contributed by atoms with Gasteiger partial charge in [-0.3, -0.25) is 14.4 Å². The van der Waals surface area contributed by atoms with Crippen LogP contribution in [0.1, 0.15) is 28.8 Å². The molecule has 0 unspecified atom stereocenters. The molecule has 0 bridgehead atoms. The Morgan fingerprint density at radius 1 is 1.28 bits per heavy atom. The summed E-state index contributed by atoms with van der Waals surface area (Å²) in [6.45, 7) is 3.86. The number of carbonyl (C=O) groups excluding carboxylic acids is 1. The molecule has 2 aromatic rings. The number of nitrogens with zero attached hydrogens (tertiary/aromatic N) is 3. The van der Waals surface area contributed by atoms with Gasteiger partial charge in [-0.25, -0.2) is 0 Å². The molecular formula is C19H26N4O2. The van der Waals surface area contributed by atoms with E-state index in [9.17, 15) is 4.79 Å². The standard InChI is InChI=1S/C19H26N4O2/c1-22-14-17(19(21-22)25-2)18(24)20-12-15-8-10-23(11-9-15)13-16-6-4-3-5-7-16/h3-7,14-15H,8-13H2,1-2H3,(H,20,24). The number of amides is 1. The summed E-state index contributed by atoms with van der Waals surface area (Å²) in [6, 6.07) is 10.6. The fourth-order valence-corrected chi connectivity index (χ4v) is 3.30. The largest absolute Gasteiger partial charge is 0.479 e. The van der Waals surface area contributed by atoms with E-state index in [0.29, 0.717) is 23.9 Å². The zero-order chi connectivity index (χ0) is 17.6. The molecule has 6 heteroatoms. The van der Waals surface area contributed by atoms with Gasteiger partial charge in [0.05, 0.1) is 7.11 Å². The minimum atomic E-state index is -0.114. The van der Waals surface area contributed by atoms with Gasteiger partial charge >= 0.3 is 0 Å². The van der Waals surface area contributed by atoms with Gasteiger partial charge in [0.15, 0.2) is 0 Å². The van der Waals surface area contributed by atoms with Gasteiger partial charge in [0.1, 0.15) is 5.56 Å². The summed E-state index contributed by atoms with van der Waals surface area (Å²) in [5, 5.41) is 7.15. The Morgan fingerprint density at radius 2 is 2.00 bits per heavy atom. The van der Waals surface area contributed by atoms with Gasteiger partial charge in [-0.1, -0.05) is 30.3 Å². The van der Waals surface area contributed by atoms with Gasteiger partial charge in [-0.2, -0.15) is 0 Å². The van der Waals surface area contributed by atoms with Crippen LogP contribution in [0.15, 0.2) is 36.5 Å². The van der Waals surface area contributed by atoms with Gasteiger partial charge in [-0.15, -0.1) is 5.10 Å². The van der Waals surface area contributed by atoms with E-state index in [1.807, 2.05) is 0 Å². The Morgan fingerprint density at radius 3 is 2.68 bits per heavy atom. The third kappa shape index (κ3) is 4.60. The molecule has 0 radical (unpaired) electrons. The number of ether oxygens (including phenoxy) is 1. The first-order chi connectivity index (χ1) is 12.2. The molecule has 2 heterocycles. The van der Waals surface area contributed by atoms with Crippen molar-refractivity contribution in [2.24, 2.45) is 13.0 Å². The Bertz CT molecular complexity index is 691. The summed E-state index contributed by atoms with van der Waals surface area (Å²) in [4.78, 5) is 14.8. The second-order valence-electron chi connectivity index (χ2n) is 6.64. The minimum absolute atomic E-state index is 0.114. The van der Waals surface area contributed by atoms with Crippen molar-refractivity contribution in [1.82, 2.24) is 20.0 Å². The summed E-state index contributed by atoms with van der Waals surface area (Å²) in [5.74, 6) is 0.785. The highest BCUT2D eigenvalue weighted by molar-refractivity contribution is 5.96. The molecule has 0 spiro atoms. The van der Waals surface area contributed by atoms with Crippen LogP contribution in [-0.4, -0.2) is 47.3 Å². The molecule has 134 valence electrons. The van der Waals surface area contributed by atoms with Crippen molar-refractivity contribution in [3.63, 3.8) is 0 Å². The van der Waals surface area contributed by atoms with Crippen LogP contribution in [-0.2, 0) is 13.6 Å². The van der Waals surface area contributed by atoms with Gasteiger partial charge < -0.3 is 10.1 Å². The average Bonchev–Trinajstić information content (AvgIpc) is 3.03. The van der Waals surface area contributed by atoms with Crippen molar-refractivity contribution in [2.45, 2.75) is 19.4 Å². The van der Waals surface area contributed by atoms with E-state index in [1.165, 1.54) is 12.7 Å². The highest BCUT2D eigenvalue weighted by atomic mass is 16.5. The highest BCUT2D eigenvalue weighted by Crippen LogP contribution is 2.19. The predicted octanol–water partition coefficient (Wildman–Crippen LogP) is 2.07. The van der Waals surface area contributed by atoms with Crippen LogP contribution in [0.2, 0.25) is 0 Å². The van der Waals surface area contributed by atoms with E-state index >= 15 is 0 Å². The molecule has 0 aliphatic carbocycles. The van der Waals surface area contributed by atoms with E-state index in [-0.39, 0.29) is 5.91 Å². The summed E-state index contributed by atoms with van der Waals surface area (Å²) in [6.07, 6.45) is 3.91. The van der Waals surface area contributed by atoms with Crippen molar-refractivity contribution >= 4 is 5.91 Å². The molecule has 3 rings (SSSR count). The van der Waals surface area contributed by atoms with Crippen LogP contribution in [0.3, 0.4) is 0 Å². The number of methoxy groups -OCH3 is 1. The summed E-state index contributed by atoms with van der Waals surface area (Å²) in [7, 11) is 3.31. The third-order valence-electron chi connectivity index (χ3n) is 4.74. The molecule has 1 aliphatic rings. The van der Waals surface area contributed by atoms with Gasteiger partial charge in [-0.05, 0) is 37.4 Å². The molecule has 1 N–H and O–H groups in total. The van der Waals surface area contributed by atoms with E-state index in [1.54, 1.807) is 17.9 Å². The minimum Gasteiger partial charge on any atom is -0.479 e. The zero-order valence-electron chi connectivity index (χ0n) is 14.9. The van der Waals surface area contributed by atoms with Gasteiger partial charge in [0.2, 0.25) is 5.88 Å². The zero-order valence-corrected chi connectivity index (χ0v) is 14.9. The smallest absolute Gasteiger partial charge is 0.258 e. The number of aromatic nitrogens is 2. The van der Waals surface area contributed by atoms with Crippen LogP contribution >= 0.6 is 0 Å². The lowest BCUT2D eigenvalue weighted by Gasteiger charge is -2.32. The maximum absolute atomic E-state index is 12.3. The first-order valence-electron chi connectivity index (χ1n) is 8.78. The van der Waals surface area contributed by atoms with E-state index in [2.05, 4.69) is 45.6 Å². The fraction of sp³-hybridized carbons (Fsp3) is 0.474. The topological polar surface area (TPSA) is 59.4 Å². The average molecular weight is 342 g/mol. The first kappa shape index (κ1) is 17.5. The van der Waals surface area contributed by atoms with Crippen molar-refractivity contribution in [3.8, 4) is 5.88 Å². The van der Waals surface area contributed by atoms with Crippen molar-refractivity contribution in [3.05, 3.63) is 47.7 Å². The molecule has 1 aromatic carbocycles. The number of hydrogen-bond acceptors (Lipinski definition) is 4. The summed E-state index contributed by atoms with van der Waals surface area (Å²) >= 11 is 0. The van der Waals surface area contributed by atoms with Crippen LogP contribution in [0.4, 0.5) is 0 Å². The number of rotatable bonds is 6. The number of aryl methyl sites for hydroxylation is 1. The number of likely N-dealkylation sites (tertiary alicyclic amines) is 1. The predicted molar refractivity (Wildman–Crippen MR) is 96.5 cm³/mol. The third-order valence-corrected chi connectivity index (χ3v) is 4.74. The van der Waals surface area contributed by atoms with Crippen LogP contribution in [0, 0.1) is 5.92 Å². The number of nitrogens with one attached hydrogen (secondary N) is 1. The van der Waals surface area contributed by atoms with Gasteiger partial charge in [0, 0.05) is 26.3 Å². The maximum Gasteiger partial charge on any atom is 0.258 e. The monoisotopic (exact) mass is 342 g/mol. The number of piperidine rings is 1. The van der Waals surface area contributed by atoms with Crippen LogP contribution in [0.5, 0.6) is 5.88 Å². The second kappa shape index (κ2) is 8.16. The normalized spacial score (nSPS) is 15.9. The fourth-order valence-electron chi connectivity index (χ4n) is 3.30. The Labute approximate surface area is 148 Å². The summed E-state index contributed by atoms with van der Waals surface area (Å²) < 4.78 is 6.74. The van der Waals surface area contributed by atoms with Gasteiger partial charge in [0.25, 0.3) is 5.91 Å². The molecule has 1 amide bonds. The second-order valence-corrected chi connectivity index (χ2v) is 6.64. The molecule has 6 nitrogen and oxygen atoms in total. The molecule has 1 aliphatic heterocycles. The molecule has 1 saturated heterocycles. The number of benzene rings is 1. The van der Waals surface area contributed by atoms with Crippen LogP contribution in [0.25, 0.3) is 0 Å². The van der Waals surface area contributed by atoms with E-state index in [0.717, 1.165) is 32.5 Å². The quantitative estimate of drug-likeness (QED) is 0.873. The lowest BCUT2D eigenvalue weighted by Crippen LogP contribution is -2.38. The van der Waals surface area contributed by atoms with E-state index in [4.69, 9.17) is 4.74 Å². The Balaban J connectivity index is 1.44. The molecule has 25 heavy (non-hydrogen) atoms. The van der Waals surface area contributed by atoms with Crippen LogP contribution < -0.4 is 10.1 Å². The molecule has 1 aromatic heterocycles.